The van der Waals surface area contributed by atoms with E-state index >= 15 is 0 Å². The van der Waals surface area contributed by atoms with E-state index in [0.717, 1.165) is 5.56 Å². The highest BCUT2D eigenvalue weighted by Gasteiger charge is 2.11. The van der Waals surface area contributed by atoms with Crippen molar-refractivity contribution >= 4 is 0 Å². The van der Waals surface area contributed by atoms with Crippen molar-refractivity contribution in [3.63, 3.8) is 0 Å². The number of aliphatic hydroxyl groups is 1. The van der Waals surface area contributed by atoms with E-state index in [2.05, 4.69) is 0 Å². The van der Waals surface area contributed by atoms with E-state index in [4.69, 9.17) is 15.6 Å². The molecule has 0 fully saturated rings. The lowest BCUT2D eigenvalue weighted by Gasteiger charge is -2.13. The molecule has 2 rings (SSSR count). The first-order valence-electron chi connectivity index (χ1n) is 6.07. The van der Waals surface area contributed by atoms with Crippen LogP contribution in [-0.4, -0.2) is 16.8 Å². The zero-order chi connectivity index (χ0) is 13.7. The van der Waals surface area contributed by atoms with Gasteiger partial charge in [-0.15, -0.1) is 0 Å². The number of aromatic hydroxyl groups is 1. The quantitative estimate of drug-likeness (QED) is 0.767. The minimum absolute atomic E-state index is 0.0635. The smallest absolute Gasteiger partial charge is 0.120 e. The Bertz CT molecular complexity index is 528. The topological polar surface area (TPSA) is 75.7 Å². The molecule has 0 radical (unpaired) electrons. The van der Waals surface area contributed by atoms with Crippen molar-refractivity contribution in [2.24, 2.45) is 5.73 Å². The Hall–Kier alpha value is -2.04. The van der Waals surface area contributed by atoms with Crippen molar-refractivity contribution in [2.45, 2.75) is 12.6 Å². The molecule has 0 aliphatic carbocycles. The highest BCUT2D eigenvalue weighted by Crippen LogP contribution is 2.27. The molecule has 4 N–H and O–H groups in total. The van der Waals surface area contributed by atoms with Crippen molar-refractivity contribution in [2.75, 3.05) is 6.61 Å². The van der Waals surface area contributed by atoms with Gasteiger partial charge in [-0.2, -0.15) is 0 Å². The maximum atomic E-state index is 9.68. The van der Waals surface area contributed by atoms with Crippen LogP contribution >= 0.6 is 0 Å². The molecule has 0 spiro atoms. The SMILES string of the molecule is N[C@@H](CO)c1cc(OCc2ccccc2)ccc1O. The van der Waals surface area contributed by atoms with E-state index < -0.39 is 6.04 Å². The lowest BCUT2D eigenvalue weighted by Crippen LogP contribution is -2.14. The van der Waals surface area contributed by atoms with E-state index in [1.807, 2.05) is 30.3 Å². The Labute approximate surface area is 112 Å². The van der Waals surface area contributed by atoms with Crippen molar-refractivity contribution in [3.05, 3.63) is 59.7 Å². The number of phenols is 1. The van der Waals surface area contributed by atoms with E-state index in [1.54, 1.807) is 12.1 Å². The molecule has 0 saturated heterocycles. The third-order valence-corrected chi connectivity index (χ3v) is 2.84. The molecule has 0 unspecified atom stereocenters. The fourth-order valence-corrected chi connectivity index (χ4v) is 1.76. The maximum Gasteiger partial charge on any atom is 0.120 e. The summed E-state index contributed by atoms with van der Waals surface area (Å²) in [6.07, 6.45) is 0. The van der Waals surface area contributed by atoms with Gasteiger partial charge in [0.2, 0.25) is 0 Å². The van der Waals surface area contributed by atoms with Crippen molar-refractivity contribution in [1.29, 1.82) is 0 Å². The van der Waals surface area contributed by atoms with E-state index in [9.17, 15) is 5.11 Å². The molecule has 4 heteroatoms. The summed E-state index contributed by atoms with van der Waals surface area (Å²) in [5.74, 6) is 0.675. The molecular formula is C15H17NO3. The van der Waals surface area contributed by atoms with Crippen LogP contribution in [0.3, 0.4) is 0 Å². The first kappa shape index (κ1) is 13.4. The summed E-state index contributed by atoms with van der Waals surface area (Å²) in [4.78, 5) is 0. The van der Waals surface area contributed by atoms with Crippen LogP contribution in [0.5, 0.6) is 11.5 Å². The van der Waals surface area contributed by atoms with Gasteiger partial charge in [0, 0.05) is 5.56 Å². The number of aliphatic hydroxyl groups excluding tert-OH is 1. The second-order valence-corrected chi connectivity index (χ2v) is 4.28. The number of nitrogens with two attached hydrogens (primary N) is 1. The Kier molecular flexibility index (Phi) is 4.39. The highest BCUT2D eigenvalue weighted by molar-refractivity contribution is 5.41. The summed E-state index contributed by atoms with van der Waals surface area (Å²) in [7, 11) is 0. The van der Waals surface area contributed by atoms with Gasteiger partial charge in [-0.1, -0.05) is 30.3 Å². The normalized spacial score (nSPS) is 12.1. The molecule has 0 amide bonds. The van der Waals surface area contributed by atoms with E-state index in [-0.39, 0.29) is 12.4 Å². The van der Waals surface area contributed by atoms with Crippen LogP contribution in [0.4, 0.5) is 0 Å². The van der Waals surface area contributed by atoms with E-state index in [0.29, 0.717) is 17.9 Å². The molecule has 0 bridgehead atoms. The summed E-state index contributed by atoms with van der Waals surface area (Å²) >= 11 is 0. The molecule has 1 atom stereocenters. The van der Waals surface area contributed by atoms with Crippen LogP contribution in [0.15, 0.2) is 48.5 Å². The van der Waals surface area contributed by atoms with Gasteiger partial charge in [0.05, 0.1) is 12.6 Å². The second kappa shape index (κ2) is 6.22. The number of ether oxygens (including phenoxy) is 1. The Morgan fingerprint density at radius 3 is 2.53 bits per heavy atom. The van der Waals surface area contributed by atoms with Gasteiger partial charge in [0.15, 0.2) is 0 Å². The van der Waals surface area contributed by atoms with Crippen LogP contribution in [0, 0.1) is 0 Å². The van der Waals surface area contributed by atoms with Crippen LogP contribution in [0.2, 0.25) is 0 Å². The Morgan fingerprint density at radius 1 is 1.11 bits per heavy atom. The first-order valence-corrected chi connectivity index (χ1v) is 6.07. The van der Waals surface area contributed by atoms with Gasteiger partial charge < -0.3 is 20.7 Å². The third kappa shape index (κ3) is 3.47. The summed E-state index contributed by atoms with van der Waals surface area (Å²) in [6.45, 7) is 0.217. The summed E-state index contributed by atoms with van der Waals surface area (Å²) < 4.78 is 5.63. The number of hydrogen-bond donors (Lipinski definition) is 3. The molecule has 0 aromatic heterocycles. The molecule has 0 heterocycles. The number of benzene rings is 2. The van der Waals surface area contributed by atoms with Gasteiger partial charge in [-0.25, -0.2) is 0 Å². The summed E-state index contributed by atoms with van der Waals surface area (Å²) in [5, 5.41) is 18.7. The summed E-state index contributed by atoms with van der Waals surface area (Å²) in [5.41, 5.74) is 7.24. The molecule has 100 valence electrons. The fourth-order valence-electron chi connectivity index (χ4n) is 1.76. The third-order valence-electron chi connectivity index (χ3n) is 2.84. The minimum atomic E-state index is -0.611. The molecule has 0 saturated carbocycles. The van der Waals surface area contributed by atoms with Gasteiger partial charge in [-0.05, 0) is 23.8 Å². The predicted octanol–water partition coefficient (Wildman–Crippen LogP) is 1.96. The monoisotopic (exact) mass is 259 g/mol. The second-order valence-electron chi connectivity index (χ2n) is 4.28. The minimum Gasteiger partial charge on any atom is -0.508 e. The van der Waals surface area contributed by atoms with Crippen LogP contribution in [0.25, 0.3) is 0 Å². The molecule has 19 heavy (non-hydrogen) atoms. The van der Waals surface area contributed by atoms with Crippen LogP contribution in [0.1, 0.15) is 17.2 Å². The zero-order valence-corrected chi connectivity index (χ0v) is 10.5. The molecule has 2 aromatic rings. The molecular weight excluding hydrogens is 242 g/mol. The summed E-state index contributed by atoms with van der Waals surface area (Å²) in [6, 6.07) is 14.0. The van der Waals surface area contributed by atoms with Crippen molar-refractivity contribution in [3.8, 4) is 11.5 Å². The van der Waals surface area contributed by atoms with Crippen molar-refractivity contribution < 1.29 is 14.9 Å². The molecule has 0 aliphatic rings. The largest absolute Gasteiger partial charge is 0.508 e. The Balaban J connectivity index is 2.09. The average Bonchev–Trinajstić information content (AvgIpc) is 2.46. The number of phenolic OH excluding ortho intramolecular Hbond substituents is 1. The van der Waals surface area contributed by atoms with Crippen LogP contribution < -0.4 is 10.5 Å². The fraction of sp³-hybridized carbons (Fsp3) is 0.200. The van der Waals surface area contributed by atoms with Crippen LogP contribution in [-0.2, 0) is 6.61 Å². The predicted molar refractivity (Wildman–Crippen MR) is 72.9 cm³/mol. The van der Waals surface area contributed by atoms with Gasteiger partial charge >= 0.3 is 0 Å². The lowest BCUT2D eigenvalue weighted by atomic mass is 10.1. The zero-order valence-electron chi connectivity index (χ0n) is 10.5. The standard InChI is InChI=1S/C15H17NO3/c16-14(9-17)13-8-12(6-7-15(13)18)19-10-11-4-2-1-3-5-11/h1-8,14,17-18H,9-10,16H2/t14-/m0/s1. The first-order chi connectivity index (χ1) is 9.20. The maximum absolute atomic E-state index is 9.68. The highest BCUT2D eigenvalue weighted by atomic mass is 16.5. The van der Waals surface area contributed by atoms with Crippen molar-refractivity contribution in [1.82, 2.24) is 0 Å². The molecule has 4 nitrogen and oxygen atoms in total. The van der Waals surface area contributed by atoms with Gasteiger partial charge in [0.25, 0.3) is 0 Å². The average molecular weight is 259 g/mol. The van der Waals surface area contributed by atoms with Gasteiger partial charge in [-0.3, -0.25) is 0 Å². The Morgan fingerprint density at radius 2 is 1.84 bits per heavy atom. The number of rotatable bonds is 5. The van der Waals surface area contributed by atoms with Gasteiger partial charge in [0.1, 0.15) is 18.1 Å². The number of hydrogen-bond acceptors (Lipinski definition) is 4. The van der Waals surface area contributed by atoms with E-state index in [1.165, 1.54) is 6.07 Å². The lowest BCUT2D eigenvalue weighted by molar-refractivity contribution is 0.264. The molecule has 0 aliphatic heterocycles. The molecule has 2 aromatic carbocycles.